The Labute approximate surface area is 126 Å². The van der Waals surface area contributed by atoms with Gasteiger partial charge in [-0.2, -0.15) is 0 Å². The predicted molar refractivity (Wildman–Crippen MR) is 78.2 cm³/mol. The highest BCUT2D eigenvalue weighted by atomic mass is 79.9. The Morgan fingerprint density at radius 3 is 2.70 bits per heavy atom. The molecule has 0 unspecified atom stereocenters. The molecular weight excluding hydrogens is 346 g/mol. The molecule has 1 aromatic rings. The Kier molecular flexibility index (Phi) is 4.82. The second-order valence-corrected chi connectivity index (χ2v) is 7.55. The molecule has 1 aliphatic rings. The number of nitrogens with one attached hydrogen (secondary N) is 1. The highest BCUT2D eigenvalue weighted by molar-refractivity contribution is 9.10. The monoisotopic (exact) mass is 361 g/mol. The van der Waals surface area contributed by atoms with E-state index in [0.29, 0.717) is 11.0 Å². The fourth-order valence-corrected chi connectivity index (χ4v) is 3.44. The van der Waals surface area contributed by atoms with E-state index in [1.165, 1.54) is 25.0 Å². The number of hydrogen-bond acceptors (Lipinski definition) is 3. The molecule has 0 amide bonds. The molecule has 1 aromatic carbocycles. The van der Waals surface area contributed by atoms with Crippen LogP contribution in [0.4, 0.5) is 0 Å². The van der Waals surface area contributed by atoms with Gasteiger partial charge >= 0.3 is 5.97 Å². The first-order valence-corrected chi connectivity index (χ1v) is 8.70. The van der Waals surface area contributed by atoms with Crippen LogP contribution < -0.4 is 4.72 Å². The molecule has 1 aliphatic carbocycles. The molecule has 0 bridgehead atoms. The van der Waals surface area contributed by atoms with Crippen molar-refractivity contribution in [3.8, 4) is 0 Å². The van der Waals surface area contributed by atoms with Gasteiger partial charge in [-0.25, -0.2) is 17.9 Å². The van der Waals surface area contributed by atoms with Crippen molar-refractivity contribution in [2.45, 2.75) is 30.6 Å². The first kappa shape index (κ1) is 15.5. The van der Waals surface area contributed by atoms with E-state index in [1.54, 1.807) is 0 Å². The summed E-state index contributed by atoms with van der Waals surface area (Å²) in [5, 5.41) is 8.99. The van der Waals surface area contributed by atoms with Crippen LogP contribution in [0.2, 0.25) is 0 Å². The van der Waals surface area contributed by atoms with Crippen LogP contribution in [0.1, 0.15) is 36.0 Å². The van der Waals surface area contributed by atoms with Crippen molar-refractivity contribution in [2.24, 2.45) is 5.92 Å². The molecule has 0 atom stereocenters. The number of hydrogen-bond donors (Lipinski definition) is 2. The fraction of sp³-hybridized carbons (Fsp3) is 0.462. The van der Waals surface area contributed by atoms with Crippen molar-refractivity contribution in [3.63, 3.8) is 0 Å². The smallest absolute Gasteiger partial charge is 0.336 e. The quantitative estimate of drug-likeness (QED) is 0.731. The van der Waals surface area contributed by atoms with Crippen LogP contribution in [0.3, 0.4) is 0 Å². The lowest BCUT2D eigenvalue weighted by Crippen LogP contribution is -2.25. The van der Waals surface area contributed by atoms with Crippen LogP contribution in [0.25, 0.3) is 0 Å². The number of benzene rings is 1. The highest BCUT2D eigenvalue weighted by Crippen LogP contribution is 2.33. The lowest BCUT2D eigenvalue weighted by molar-refractivity contribution is 0.0695. The second kappa shape index (κ2) is 6.24. The second-order valence-electron chi connectivity index (χ2n) is 4.93. The first-order valence-electron chi connectivity index (χ1n) is 6.42. The number of carboxylic acids is 1. The summed E-state index contributed by atoms with van der Waals surface area (Å²) >= 11 is 3.09. The maximum Gasteiger partial charge on any atom is 0.336 e. The van der Waals surface area contributed by atoms with E-state index in [-0.39, 0.29) is 10.5 Å². The lowest BCUT2D eigenvalue weighted by Gasteiger charge is -2.08. The average molecular weight is 362 g/mol. The van der Waals surface area contributed by atoms with Crippen LogP contribution in [0.15, 0.2) is 27.6 Å². The van der Waals surface area contributed by atoms with Crippen LogP contribution in [0.5, 0.6) is 0 Å². The number of carbonyl (C=O) groups is 1. The van der Waals surface area contributed by atoms with Crippen LogP contribution in [0, 0.1) is 5.92 Å². The molecule has 110 valence electrons. The normalized spacial score (nSPS) is 15.2. The van der Waals surface area contributed by atoms with E-state index in [2.05, 4.69) is 20.7 Å². The van der Waals surface area contributed by atoms with Gasteiger partial charge in [-0.05, 0) is 52.9 Å². The van der Waals surface area contributed by atoms with E-state index >= 15 is 0 Å². The first-order chi connectivity index (χ1) is 9.40. The van der Waals surface area contributed by atoms with Crippen molar-refractivity contribution >= 4 is 31.9 Å². The topological polar surface area (TPSA) is 83.5 Å². The molecule has 2 N–H and O–H groups in total. The van der Waals surface area contributed by atoms with Gasteiger partial charge in [0.2, 0.25) is 10.0 Å². The summed E-state index contributed by atoms with van der Waals surface area (Å²) in [4.78, 5) is 11.0. The van der Waals surface area contributed by atoms with Crippen molar-refractivity contribution in [2.75, 3.05) is 6.54 Å². The molecule has 0 heterocycles. The number of sulfonamides is 1. The molecule has 0 saturated heterocycles. The molecule has 0 radical (unpaired) electrons. The maximum absolute atomic E-state index is 12.1. The van der Waals surface area contributed by atoms with E-state index < -0.39 is 16.0 Å². The zero-order valence-corrected chi connectivity index (χ0v) is 13.2. The molecule has 2 rings (SSSR count). The summed E-state index contributed by atoms with van der Waals surface area (Å²) in [6, 6.07) is 3.98. The van der Waals surface area contributed by atoms with Gasteiger partial charge in [0.1, 0.15) is 0 Å². The standard InChI is InChI=1S/C13H16BrNO4S/c14-12-6-5-10(8-11(12)13(16)17)20(18,19)15-7-1-2-9-3-4-9/h5-6,8-9,15H,1-4,7H2,(H,16,17). The number of halogens is 1. The summed E-state index contributed by atoms with van der Waals surface area (Å²) in [5.41, 5.74) is -0.0640. The summed E-state index contributed by atoms with van der Waals surface area (Å²) in [7, 11) is -3.64. The number of rotatable bonds is 7. The lowest BCUT2D eigenvalue weighted by atomic mass is 10.2. The minimum atomic E-state index is -3.64. The number of aromatic carboxylic acids is 1. The summed E-state index contributed by atoms with van der Waals surface area (Å²) in [5.74, 6) is -0.395. The van der Waals surface area contributed by atoms with Crippen molar-refractivity contribution in [1.29, 1.82) is 0 Å². The summed E-state index contributed by atoms with van der Waals surface area (Å²) in [6.07, 6.45) is 4.36. The third-order valence-electron chi connectivity index (χ3n) is 3.26. The van der Waals surface area contributed by atoms with Gasteiger partial charge in [0.15, 0.2) is 0 Å². The number of carboxylic acid groups (broad SMARTS) is 1. The van der Waals surface area contributed by atoms with Crippen molar-refractivity contribution in [1.82, 2.24) is 4.72 Å². The van der Waals surface area contributed by atoms with Crippen LogP contribution >= 0.6 is 15.9 Å². The Morgan fingerprint density at radius 1 is 1.40 bits per heavy atom. The third kappa shape index (κ3) is 4.04. The molecule has 0 aliphatic heterocycles. The Balaban J connectivity index is 2.03. The van der Waals surface area contributed by atoms with Gasteiger partial charge in [-0.1, -0.05) is 12.8 Å². The fourth-order valence-electron chi connectivity index (χ4n) is 1.92. The van der Waals surface area contributed by atoms with Gasteiger partial charge in [0, 0.05) is 11.0 Å². The van der Waals surface area contributed by atoms with Gasteiger partial charge < -0.3 is 5.11 Å². The van der Waals surface area contributed by atoms with Gasteiger partial charge in [0.05, 0.1) is 10.5 Å². The third-order valence-corrected chi connectivity index (χ3v) is 5.41. The molecule has 7 heteroatoms. The zero-order chi connectivity index (χ0) is 14.8. The average Bonchev–Trinajstić information content (AvgIpc) is 3.18. The Bertz CT molecular complexity index is 611. The molecule has 1 saturated carbocycles. The van der Waals surface area contributed by atoms with E-state index in [9.17, 15) is 13.2 Å². The van der Waals surface area contributed by atoms with Gasteiger partial charge in [-0.3, -0.25) is 0 Å². The predicted octanol–water partition coefficient (Wildman–Crippen LogP) is 2.62. The van der Waals surface area contributed by atoms with E-state index in [4.69, 9.17) is 5.11 Å². The van der Waals surface area contributed by atoms with Gasteiger partial charge in [0.25, 0.3) is 0 Å². The molecular formula is C13H16BrNO4S. The van der Waals surface area contributed by atoms with Crippen molar-refractivity contribution < 1.29 is 18.3 Å². The maximum atomic E-state index is 12.1. The minimum absolute atomic E-state index is 0.0236. The molecule has 5 nitrogen and oxygen atoms in total. The van der Waals surface area contributed by atoms with Crippen LogP contribution in [-0.2, 0) is 10.0 Å². The van der Waals surface area contributed by atoms with E-state index in [1.807, 2.05) is 0 Å². The molecule has 0 spiro atoms. The van der Waals surface area contributed by atoms with Crippen molar-refractivity contribution in [3.05, 3.63) is 28.2 Å². The minimum Gasteiger partial charge on any atom is -0.478 e. The Hall–Kier alpha value is -0.920. The molecule has 0 aromatic heterocycles. The SMILES string of the molecule is O=C(O)c1cc(S(=O)(=O)NCCCC2CC2)ccc1Br. The molecule has 20 heavy (non-hydrogen) atoms. The highest BCUT2D eigenvalue weighted by Gasteiger charge is 2.21. The van der Waals surface area contributed by atoms with Crippen LogP contribution in [-0.4, -0.2) is 26.0 Å². The zero-order valence-electron chi connectivity index (χ0n) is 10.8. The van der Waals surface area contributed by atoms with E-state index in [0.717, 1.165) is 24.8 Å². The van der Waals surface area contributed by atoms with Gasteiger partial charge in [-0.15, -0.1) is 0 Å². The molecule has 1 fully saturated rings. The summed E-state index contributed by atoms with van der Waals surface area (Å²) < 4.78 is 27.0. The largest absolute Gasteiger partial charge is 0.478 e. The Morgan fingerprint density at radius 2 is 2.10 bits per heavy atom. The summed E-state index contributed by atoms with van der Waals surface area (Å²) in [6.45, 7) is 0.386.